The normalized spacial score (nSPS) is 22.8. The number of halogens is 1. The zero-order chi connectivity index (χ0) is 19.4. The van der Waals surface area contributed by atoms with E-state index in [1.807, 2.05) is 6.07 Å². The standard InChI is InChI=1S/C19H25ClN4O3/c20-14-4-1-5-15(11-14)24-10-6-16(19(24)27)18(26)23-9-2-3-13(12-23)17(25)22-8-7-21/h1,4-5,11,13,16H,2-3,6-10,12,21H2,(H,22,25). The first-order valence-corrected chi connectivity index (χ1v) is 9.72. The lowest BCUT2D eigenvalue weighted by molar-refractivity contribution is -0.142. The summed E-state index contributed by atoms with van der Waals surface area (Å²) in [5.41, 5.74) is 6.13. The number of nitrogens with one attached hydrogen (secondary N) is 1. The molecule has 7 nitrogen and oxygen atoms in total. The van der Waals surface area contributed by atoms with Crippen molar-refractivity contribution in [2.45, 2.75) is 19.3 Å². The number of carbonyl (C=O) groups is 3. The predicted molar refractivity (Wildman–Crippen MR) is 103 cm³/mol. The second-order valence-corrected chi connectivity index (χ2v) is 7.45. The van der Waals surface area contributed by atoms with Crippen LogP contribution in [0.4, 0.5) is 5.69 Å². The average molecular weight is 393 g/mol. The number of hydrogen-bond donors (Lipinski definition) is 2. The van der Waals surface area contributed by atoms with Crippen molar-refractivity contribution in [1.82, 2.24) is 10.2 Å². The van der Waals surface area contributed by atoms with Gasteiger partial charge in [-0.2, -0.15) is 0 Å². The second-order valence-electron chi connectivity index (χ2n) is 7.01. The molecule has 2 aliphatic rings. The number of nitrogens with two attached hydrogens (primary N) is 1. The lowest BCUT2D eigenvalue weighted by atomic mass is 9.95. The quantitative estimate of drug-likeness (QED) is 0.731. The molecule has 2 fully saturated rings. The molecule has 1 aromatic carbocycles. The van der Waals surface area contributed by atoms with Gasteiger partial charge in [0.05, 0.1) is 5.92 Å². The monoisotopic (exact) mass is 392 g/mol. The highest BCUT2D eigenvalue weighted by molar-refractivity contribution is 6.31. The molecule has 0 radical (unpaired) electrons. The smallest absolute Gasteiger partial charge is 0.239 e. The number of rotatable bonds is 5. The van der Waals surface area contributed by atoms with Crippen LogP contribution in [0.2, 0.25) is 5.02 Å². The van der Waals surface area contributed by atoms with E-state index in [0.29, 0.717) is 49.9 Å². The van der Waals surface area contributed by atoms with Crippen molar-refractivity contribution in [3.8, 4) is 0 Å². The third-order valence-electron chi connectivity index (χ3n) is 5.17. The van der Waals surface area contributed by atoms with E-state index < -0.39 is 5.92 Å². The number of carbonyl (C=O) groups excluding carboxylic acids is 3. The fraction of sp³-hybridized carbons (Fsp3) is 0.526. The molecule has 3 amide bonds. The molecule has 27 heavy (non-hydrogen) atoms. The Labute approximate surface area is 163 Å². The summed E-state index contributed by atoms with van der Waals surface area (Å²) in [6.45, 7) is 2.25. The van der Waals surface area contributed by atoms with E-state index in [2.05, 4.69) is 5.32 Å². The number of anilines is 1. The van der Waals surface area contributed by atoms with Gasteiger partial charge in [0.25, 0.3) is 0 Å². The molecular weight excluding hydrogens is 368 g/mol. The van der Waals surface area contributed by atoms with Crippen LogP contribution in [-0.4, -0.2) is 55.3 Å². The Balaban J connectivity index is 1.63. The third-order valence-corrected chi connectivity index (χ3v) is 5.41. The van der Waals surface area contributed by atoms with Crippen LogP contribution < -0.4 is 16.0 Å². The minimum atomic E-state index is -0.685. The van der Waals surface area contributed by atoms with E-state index in [-0.39, 0.29) is 23.6 Å². The van der Waals surface area contributed by atoms with Crippen molar-refractivity contribution in [2.75, 3.05) is 37.6 Å². The van der Waals surface area contributed by atoms with Crippen molar-refractivity contribution in [3.05, 3.63) is 29.3 Å². The van der Waals surface area contributed by atoms with Gasteiger partial charge < -0.3 is 20.9 Å². The van der Waals surface area contributed by atoms with Crippen LogP contribution >= 0.6 is 11.6 Å². The van der Waals surface area contributed by atoms with E-state index in [1.165, 1.54) is 0 Å². The number of benzene rings is 1. The first-order valence-electron chi connectivity index (χ1n) is 9.34. The van der Waals surface area contributed by atoms with Crippen LogP contribution in [0, 0.1) is 11.8 Å². The van der Waals surface area contributed by atoms with E-state index in [0.717, 1.165) is 12.8 Å². The van der Waals surface area contributed by atoms with Gasteiger partial charge >= 0.3 is 0 Å². The lowest BCUT2D eigenvalue weighted by Gasteiger charge is -2.33. The van der Waals surface area contributed by atoms with Gasteiger partial charge in [0.1, 0.15) is 5.92 Å². The summed E-state index contributed by atoms with van der Waals surface area (Å²) in [7, 11) is 0. The van der Waals surface area contributed by atoms with Crippen LogP contribution in [0.15, 0.2) is 24.3 Å². The number of amides is 3. The number of piperidine rings is 1. The summed E-state index contributed by atoms with van der Waals surface area (Å²) in [4.78, 5) is 41.2. The number of hydrogen-bond acceptors (Lipinski definition) is 4. The van der Waals surface area contributed by atoms with Gasteiger partial charge in [0.2, 0.25) is 17.7 Å². The molecule has 3 N–H and O–H groups in total. The molecule has 8 heteroatoms. The topological polar surface area (TPSA) is 95.7 Å². The van der Waals surface area contributed by atoms with Crippen LogP contribution in [-0.2, 0) is 14.4 Å². The predicted octanol–water partition coefficient (Wildman–Crippen LogP) is 1.01. The van der Waals surface area contributed by atoms with Gasteiger partial charge in [0, 0.05) is 43.4 Å². The molecular formula is C19H25ClN4O3. The van der Waals surface area contributed by atoms with Crippen LogP contribution in [0.3, 0.4) is 0 Å². The Morgan fingerprint density at radius 1 is 1.26 bits per heavy atom. The molecule has 0 bridgehead atoms. The summed E-state index contributed by atoms with van der Waals surface area (Å²) in [5.74, 6) is -1.38. The van der Waals surface area contributed by atoms with E-state index in [9.17, 15) is 14.4 Å². The Morgan fingerprint density at radius 3 is 2.81 bits per heavy atom. The van der Waals surface area contributed by atoms with Crippen molar-refractivity contribution < 1.29 is 14.4 Å². The molecule has 0 aromatic heterocycles. The van der Waals surface area contributed by atoms with Crippen molar-refractivity contribution in [3.63, 3.8) is 0 Å². The van der Waals surface area contributed by atoms with Crippen LogP contribution in [0.25, 0.3) is 0 Å². The maximum atomic E-state index is 12.9. The van der Waals surface area contributed by atoms with Gasteiger partial charge in [-0.1, -0.05) is 17.7 Å². The molecule has 0 saturated carbocycles. The zero-order valence-electron chi connectivity index (χ0n) is 15.2. The molecule has 2 atom stereocenters. The van der Waals surface area contributed by atoms with Gasteiger partial charge in [-0.05, 0) is 37.5 Å². The summed E-state index contributed by atoms with van der Waals surface area (Å²) in [6, 6.07) is 7.08. The Hall–Kier alpha value is -2.12. The van der Waals surface area contributed by atoms with E-state index in [1.54, 1.807) is 28.0 Å². The maximum absolute atomic E-state index is 12.9. The Kier molecular flexibility index (Phi) is 6.34. The molecule has 2 aliphatic heterocycles. The van der Waals surface area contributed by atoms with Crippen molar-refractivity contribution in [1.29, 1.82) is 0 Å². The summed E-state index contributed by atoms with van der Waals surface area (Å²) in [5, 5.41) is 3.34. The fourth-order valence-corrected chi connectivity index (χ4v) is 3.95. The first kappa shape index (κ1) is 19.6. The fourth-order valence-electron chi connectivity index (χ4n) is 3.76. The Morgan fingerprint density at radius 2 is 2.07 bits per heavy atom. The van der Waals surface area contributed by atoms with Crippen molar-refractivity contribution in [2.24, 2.45) is 17.6 Å². The average Bonchev–Trinajstić information content (AvgIpc) is 3.07. The molecule has 2 unspecified atom stereocenters. The summed E-state index contributed by atoms with van der Waals surface area (Å²) in [6.07, 6.45) is 1.98. The molecule has 0 spiro atoms. The van der Waals surface area contributed by atoms with E-state index >= 15 is 0 Å². The second kappa shape index (κ2) is 8.71. The minimum Gasteiger partial charge on any atom is -0.355 e. The zero-order valence-corrected chi connectivity index (χ0v) is 16.0. The van der Waals surface area contributed by atoms with Gasteiger partial charge in [-0.3, -0.25) is 14.4 Å². The van der Waals surface area contributed by atoms with E-state index in [4.69, 9.17) is 17.3 Å². The summed E-state index contributed by atoms with van der Waals surface area (Å²) < 4.78 is 0. The summed E-state index contributed by atoms with van der Waals surface area (Å²) >= 11 is 6.01. The minimum absolute atomic E-state index is 0.0729. The molecule has 1 aromatic rings. The van der Waals surface area contributed by atoms with Crippen LogP contribution in [0.5, 0.6) is 0 Å². The third kappa shape index (κ3) is 4.42. The highest BCUT2D eigenvalue weighted by atomic mass is 35.5. The van der Waals surface area contributed by atoms with Crippen LogP contribution in [0.1, 0.15) is 19.3 Å². The highest BCUT2D eigenvalue weighted by Gasteiger charge is 2.41. The van der Waals surface area contributed by atoms with Gasteiger partial charge in [0.15, 0.2) is 0 Å². The lowest BCUT2D eigenvalue weighted by Crippen LogP contribution is -2.48. The number of nitrogens with zero attached hydrogens (tertiary/aromatic N) is 2. The maximum Gasteiger partial charge on any atom is 0.239 e. The molecule has 2 heterocycles. The van der Waals surface area contributed by atoms with Gasteiger partial charge in [-0.25, -0.2) is 0 Å². The highest BCUT2D eigenvalue weighted by Crippen LogP contribution is 2.29. The first-order chi connectivity index (χ1) is 13.0. The largest absolute Gasteiger partial charge is 0.355 e. The van der Waals surface area contributed by atoms with Gasteiger partial charge in [-0.15, -0.1) is 0 Å². The molecule has 3 rings (SSSR count). The molecule has 146 valence electrons. The van der Waals surface area contributed by atoms with Crippen molar-refractivity contribution >= 4 is 35.0 Å². The SMILES string of the molecule is NCCNC(=O)C1CCCN(C(=O)C2CCN(c3cccc(Cl)c3)C2=O)C1. The molecule has 0 aliphatic carbocycles. The Bertz CT molecular complexity index is 727. The number of likely N-dealkylation sites (tertiary alicyclic amines) is 1. The molecule has 2 saturated heterocycles.